The molecule has 0 saturated heterocycles. The molecule has 0 amide bonds. The average Bonchev–Trinajstić information content (AvgIpc) is 3.61. The van der Waals surface area contributed by atoms with Crippen LogP contribution in [0, 0.1) is 0 Å². The Hall–Kier alpha value is -2.13. The molecule has 1 fully saturated rings. The van der Waals surface area contributed by atoms with Gasteiger partial charge < -0.3 is 10.2 Å². The second-order valence-corrected chi connectivity index (χ2v) is 11.5. The number of halogens is 1. The first-order valence-electron chi connectivity index (χ1n) is 11.0. The lowest BCUT2D eigenvalue weighted by atomic mass is 9.96. The number of benzene rings is 2. The summed E-state index contributed by atoms with van der Waals surface area (Å²) < 4.78 is 11.2. The summed E-state index contributed by atoms with van der Waals surface area (Å²) in [6, 6.07) is 19.8. The monoisotopic (exact) mass is 514 g/mol. The quantitative estimate of drug-likeness (QED) is 0.330. The Morgan fingerprint density at radius 1 is 1.18 bits per heavy atom. The minimum atomic E-state index is -1.30. The summed E-state index contributed by atoms with van der Waals surface area (Å²) in [7, 11) is -1.01. The van der Waals surface area contributed by atoms with E-state index in [-0.39, 0.29) is 6.61 Å². The van der Waals surface area contributed by atoms with Gasteiger partial charge in [-0.3, -0.25) is 10.1 Å². The zero-order valence-corrected chi connectivity index (χ0v) is 21.2. The number of hydrogen-bond donors (Lipinski definition) is 3. The van der Waals surface area contributed by atoms with Crippen molar-refractivity contribution in [3.8, 4) is 11.3 Å². The van der Waals surface area contributed by atoms with E-state index in [1.165, 1.54) is 4.88 Å². The smallest absolute Gasteiger partial charge is 0.110 e. The maximum atomic E-state index is 10.4. The normalized spacial score (nSPS) is 15.9. The Morgan fingerprint density at radius 2 is 1.94 bits per heavy atom. The van der Waals surface area contributed by atoms with Crippen molar-refractivity contribution in [2.45, 2.75) is 37.0 Å². The summed E-state index contributed by atoms with van der Waals surface area (Å²) in [6.45, 7) is 1.25. The van der Waals surface area contributed by atoms with Crippen LogP contribution in [0.15, 0.2) is 66.9 Å². The van der Waals surface area contributed by atoms with E-state index in [9.17, 15) is 14.4 Å². The van der Waals surface area contributed by atoms with Gasteiger partial charge in [0.2, 0.25) is 0 Å². The van der Waals surface area contributed by atoms with E-state index in [2.05, 4.69) is 23.2 Å². The fraction of sp³-hybridized carbons (Fsp3) is 0.269. The van der Waals surface area contributed by atoms with Gasteiger partial charge in [-0.25, -0.2) is 4.21 Å². The van der Waals surface area contributed by atoms with Crippen molar-refractivity contribution in [3.05, 3.63) is 87.9 Å². The van der Waals surface area contributed by atoms with Crippen molar-refractivity contribution in [1.29, 1.82) is 0 Å². The summed E-state index contributed by atoms with van der Waals surface area (Å²) >= 11 is 8.06. The van der Waals surface area contributed by atoms with Crippen LogP contribution >= 0.6 is 22.9 Å². The zero-order valence-electron chi connectivity index (χ0n) is 18.8. The molecule has 1 aliphatic carbocycles. The first kappa shape index (κ1) is 25.0. The van der Waals surface area contributed by atoms with E-state index in [0.717, 1.165) is 51.2 Å². The number of nitrogens with two attached hydrogens (primary N) is 1. The second-order valence-electron chi connectivity index (χ2n) is 8.59. The SMILES string of the molecule is CC(O)(CO)c1ccnc(-c2cccc3cc(Cc4ccccc4Cl)sc23)c1.NS(=O)C1CC1. The molecule has 4 N–H and O–H groups in total. The third-order valence-corrected chi connectivity index (χ3v) is 8.42. The third-order valence-electron chi connectivity index (χ3n) is 5.74. The van der Waals surface area contributed by atoms with Crippen molar-refractivity contribution in [1.82, 2.24) is 4.98 Å². The van der Waals surface area contributed by atoms with Crippen LogP contribution in [0.1, 0.15) is 35.8 Å². The molecule has 2 unspecified atom stereocenters. The number of nitrogens with zero attached hydrogens (tertiary/aromatic N) is 1. The highest BCUT2D eigenvalue weighted by atomic mass is 35.5. The lowest BCUT2D eigenvalue weighted by molar-refractivity contribution is -0.00230. The third kappa shape index (κ3) is 5.92. The van der Waals surface area contributed by atoms with Crippen molar-refractivity contribution in [3.63, 3.8) is 0 Å². The number of hydrogen-bond acceptors (Lipinski definition) is 5. The molecular weight excluding hydrogens is 488 g/mol. The second kappa shape index (κ2) is 10.6. The Morgan fingerprint density at radius 3 is 2.59 bits per heavy atom. The predicted octanol–water partition coefficient (Wildman–Crippen LogP) is 5.18. The van der Waals surface area contributed by atoms with Gasteiger partial charge in [-0.15, -0.1) is 11.3 Å². The molecule has 1 aliphatic rings. The molecule has 5 rings (SSSR count). The maximum Gasteiger partial charge on any atom is 0.110 e. The van der Waals surface area contributed by atoms with Gasteiger partial charge in [0.1, 0.15) is 5.60 Å². The number of aliphatic hydroxyl groups excluding tert-OH is 1. The van der Waals surface area contributed by atoms with Gasteiger partial charge in [-0.1, -0.05) is 48.0 Å². The molecule has 1 saturated carbocycles. The van der Waals surface area contributed by atoms with Crippen LogP contribution in [0.5, 0.6) is 0 Å². The van der Waals surface area contributed by atoms with Gasteiger partial charge >= 0.3 is 0 Å². The molecule has 4 aromatic rings. The number of pyridine rings is 1. The zero-order chi connectivity index (χ0) is 24.3. The van der Waals surface area contributed by atoms with Crippen molar-refractivity contribution in [2.75, 3.05) is 6.61 Å². The van der Waals surface area contributed by atoms with E-state index < -0.39 is 16.6 Å². The minimum Gasteiger partial charge on any atom is -0.393 e. The van der Waals surface area contributed by atoms with Crippen LogP contribution in [0.2, 0.25) is 5.02 Å². The first-order valence-corrected chi connectivity index (χ1v) is 13.5. The first-order chi connectivity index (χ1) is 16.3. The van der Waals surface area contributed by atoms with Crippen LogP contribution in [-0.2, 0) is 23.0 Å². The average molecular weight is 515 g/mol. The topological polar surface area (TPSA) is 96.4 Å². The molecule has 178 valence electrons. The summed E-state index contributed by atoms with van der Waals surface area (Å²) in [5, 5.41) is 27.1. The summed E-state index contributed by atoms with van der Waals surface area (Å²) in [5.41, 5.74) is 2.25. The summed E-state index contributed by atoms with van der Waals surface area (Å²) in [5.74, 6) is 0. The Labute approximate surface area is 210 Å². The van der Waals surface area contributed by atoms with Crippen LogP contribution in [0.25, 0.3) is 21.3 Å². The Balaban J connectivity index is 0.000000398. The molecule has 0 aliphatic heterocycles. The molecule has 2 aromatic carbocycles. The van der Waals surface area contributed by atoms with Crippen LogP contribution < -0.4 is 5.14 Å². The summed E-state index contributed by atoms with van der Waals surface area (Å²) in [4.78, 5) is 5.74. The van der Waals surface area contributed by atoms with Gasteiger partial charge in [0.25, 0.3) is 0 Å². The standard InChI is InChI=1S/C23H20ClNO2S.C3H7NOS/c1-23(27,14-26)17-9-10-25-21(13-17)19-7-4-6-16-12-18(28-22(16)19)11-15-5-2-3-8-20(15)24;4-6(5)3-1-2-3/h2-10,12-13,26-27H,11,14H2,1H3;3H,1-2,4H2. The molecule has 2 atom stereocenters. The minimum absolute atomic E-state index is 0.346. The molecule has 0 radical (unpaired) electrons. The highest BCUT2D eigenvalue weighted by molar-refractivity contribution is 7.83. The molecule has 5 nitrogen and oxygen atoms in total. The number of rotatable bonds is 6. The molecule has 8 heteroatoms. The predicted molar refractivity (Wildman–Crippen MR) is 141 cm³/mol. The van der Waals surface area contributed by atoms with Crippen LogP contribution in [0.3, 0.4) is 0 Å². The van der Waals surface area contributed by atoms with Crippen molar-refractivity contribution >= 4 is 44.0 Å². The molecule has 0 bridgehead atoms. The fourth-order valence-corrected chi connectivity index (χ4v) is 5.55. The molecule has 34 heavy (non-hydrogen) atoms. The largest absolute Gasteiger partial charge is 0.393 e. The van der Waals surface area contributed by atoms with Gasteiger partial charge in [-0.2, -0.15) is 0 Å². The van der Waals surface area contributed by atoms with Crippen molar-refractivity contribution < 1.29 is 14.4 Å². The highest BCUT2D eigenvalue weighted by Gasteiger charge is 2.25. The van der Waals surface area contributed by atoms with Crippen LogP contribution in [0.4, 0.5) is 0 Å². The Bertz CT molecular complexity index is 1320. The van der Waals surface area contributed by atoms with E-state index in [1.54, 1.807) is 30.5 Å². The van der Waals surface area contributed by atoms with E-state index in [0.29, 0.717) is 10.8 Å². The van der Waals surface area contributed by atoms with Gasteiger partial charge in [-0.05, 0) is 60.5 Å². The van der Waals surface area contributed by atoms with E-state index in [1.807, 2.05) is 36.4 Å². The molecule has 2 heterocycles. The van der Waals surface area contributed by atoms with Gasteiger partial charge in [0.15, 0.2) is 0 Å². The number of fused-ring (bicyclic) bond motifs is 1. The summed E-state index contributed by atoms with van der Waals surface area (Å²) in [6.07, 6.45) is 4.60. The Kier molecular flexibility index (Phi) is 7.82. The van der Waals surface area contributed by atoms with Gasteiger partial charge in [0, 0.05) is 38.0 Å². The van der Waals surface area contributed by atoms with E-state index in [4.69, 9.17) is 16.7 Å². The van der Waals surface area contributed by atoms with Crippen LogP contribution in [-0.4, -0.2) is 31.3 Å². The molecular formula is C26H27ClN2O3S2. The van der Waals surface area contributed by atoms with E-state index >= 15 is 0 Å². The van der Waals surface area contributed by atoms with Gasteiger partial charge in [0.05, 0.1) is 23.3 Å². The molecule has 2 aromatic heterocycles. The highest BCUT2D eigenvalue weighted by Crippen LogP contribution is 2.36. The number of thiophene rings is 1. The maximum absolute atomic E-state index is 10.4. The number of aliphatic hydroxyl groups is 2. The number of aromatic nitrogens is 1. The molecule has 0 spiro atoms. The van der Waals surface area contributed by atoms with Crippen molar-refractivity contribution in [2.24, 2.45) is 5.14 Å². The fourth-order valence-electron chi connectivity index (χ4n) is 3.54. The lowest BCUT2D eigenvalue weighted by Gasteiger charge is -2.21. The lowest BCUT2D eigenvalue weighted by Crippen LogP contribution is -2.25.